The molecule has 0 radical (unpaired) electrons. The zero-order valence-electron chi connectivity index (χ0n) is 13.8. The first kappa shape index (κ1) is 17.2. The summed E-state index contributed by atoms with van der Waals surface area (Å²) in [6, 6.07) is 16.0. The van der Waals surface area contributed by atoms with Crippen LogP contribution in [0.4, 0.5) is 4.39 Å². The fraction of sp³-hybridized carbons (Fsp3) is 0.350. The maximum atomic E-state index is 12.9. The largest absolute Gasteiger partial charge is 0.352 e. The molecule has 0 spiro atoms. The Morgan fingerprint density at radius 1 is 1.04 bits per heavy atom. The molecule has 0 fully saturated rings. The van der Waals surface area contributed by atoms with E-state index >= 15 is 0 Å². The van der Waals surface area contributed by atoms with Crippen LogP contribution in [0.5, 0.6) is 0 Å². The molecule has 0 saturated heterocycles. The number of hydrogen-bond acceptors (Lipinski definition) is 1. The van der Waals surface area contributed by atoms with Gasteiger partial charge in [0.05, 0.1) is 0 Å². The van der Waals surface area contributed by atoms with Crippen molar-refractivity contribution in [1.82, 2.24) is 5.32 Å². The van der Waals surface area contributed by atoms with Gasteiger partial charge in [-0.05, 0) is 54.5 Å². The topological polar surface area (TPSA) is 29.1 Å². The lowest BCUT2D eigenvalue weighted by Crippen LogP contribution is -2.31. The second kappa shape index (κ2) is 8.47. The number of amides is 1. The van der Waals surface area contributed by atoms with Crippen LogP contribution in [0.2, 0.25) is 0 Å². The molecule has 1 amide bonds. The van der Waals surface area contributed by atoms with Crippen molar-refractivity contribution in [3.05, 3.63) is 71.5 Å². The van der Waals surface area contributed by atoms with E-state index < -0.39 is 0 Å². The molecule has 0 heterocycles. The molecular formula is C20H24FNO. The van der Waals surface area contributed by atoms with E-state index in [0.717, 1.165) is 12.8 Å². The quantitative estimate of drug-likeness (QED) is 0.803. The van der Waals surface area contributed by atoms with Gasteiger partial charge in [-0.1, -0.05) is 44.2 Å². The summed E-state index contributed by atoms with van der Waals surface area (Å²) in [7, 11) is 0. The zero-order valence-corrected chi connectivity index (χ0v) is 13.8. The van der Waals surface area contributed by atoms with Gasteiger partial charge in [0.1, 0.15) is 5.82 Å². The highest BCUT2D eigenvalue weighted by Gasteiger charge is 2.14. The number of rotatable bonds is 7. The predicted molar refractivity (Wildman–Crippen MR) is 91.8 cm³/mol. The summed E-state index contributed by atoms with van der Waals surface area (Å²) in [5.41, 5.74) is 1.78. The van der Waals surface area contributed by atoms with E-state index in [0.29, 0.717) is 23.9 Å². The van der Waals surface area contributed by atoms with Crippen molar-refractivity contribution in [1.29, 1.82) is 0 Å². The van der Waals surface area contributed by atoms with E-state index in [9.17, 15) is 9.18 Å². The highest BCUT2D eigenvalue weighted by molar-refractivity contribution is 5.94. The third kappa shape index (κ3) is 5.85. The summed E-state index contributed by atoms with van der Waals surface area (Å²) < 4.78 is 12.9. The first-order valence-corrected chi connectivity index (χ1v) is 8.12. The molecule has 1 atom stereocenters. The number of hydrogen-bond donors (Lipinski definition) is 1. The fourth-order valence-electron chi connectivity index (χ4n) is 2.79. The van der Waals surface area contributed by atoms with Crippen molar-refractivity contribution in [3.63, 3.8) is 0 Å². The van der Waals surface area contributed by atoms with E-state index in [-0.39, 0.29) is 11.7 Å². The molecule has 2 aromatic carbocycles. The second-order valence-corrected chi connectivity index (χ2v) is 6.40. The van der Waals surface area contributed by atoms with Gasteiger partial charge in [-0.2, -0.15) is 0 Å². The summed E-state index contributed by atoms with van der Waals surface area (Å²) in [6.45, 7) is 5.02. The Morgan fingerprint density at radius 3 is 2.30 bits per heavy atom. The van der Waals surface area contributed by atoms with Crippen molar-refractivity contribution in [3.8, 4) is 0 Å². The van der Waals surface area contributed by atoms with Crippen LogP contribution in [0.25, 0.3) is 0 Å². The van der Waals surface area contributed by atoms with Gasteiger partial charge < -0.3 is 5.32 Å². The minimum Gasteiger partial charge on any atom is -0.352 e. The minimum atomic E-state index is -0.330. The molecule has 23 heavy (non-hydrogen) atoms. The monoisotopic (exact) mass is 313 g/mol. The Balaban J connectivity index is 1.94. The Labute approximate surface area is 137 Å². The lowest BCUT2D eigenvalue weighted by atomic mass is 9.91. The molecule has 0 aliphatic rings. The Hall–Kier alpha value is -2.16. The molecule has 0 aliphatic carbocycles. The van der Waals surface area contributed by atoms with Crippen molar-refractivity contribution in [2.45, 2.75) is 26.7 Å². The molecule has 0 bridgehead atoms. The van der Waals surface area contributed by atoms with E-state index in [1.54, 1.807) is 0 Å². The summed E-state index contributed by atoms with van der Waals surface area (Å²) in [4.78, 5) is 12.2. The zero-order chi connectivity index (χ0) is 16.7. The first-order chi connectivity index (χ1) is 11.0. The molecular weight excluding hydrogens is 289 g/mol. The van der Waals surface area contributed by atoms with Crippen LogP contribution >= 0.6 is 0 Å². The maximum Gasteiger partial charge on any atom is 0.251 e. The molecule has 3 heteroatoms. The minimum absolute atomic E-state index is 0.146. The standard InChI is InChI=1S/C20H24FNO/c1-15(2)12-17(13-16-6-4-3-5-7-16)14-22-20(23)18-8-10-19(21)11-9-18/h3-11,15,17H,12-14H2,1-2H3,(H,22,23). The number of benzene rings is 2. The van der Waals surface area contributed by atoms with Crippen LogP contribution in [0.15, 0.2) is 54.6 Å². The van der Waals surface area contributed by atoms with E-state index in [1.807, 2.05) is 18.2 Å². The number of nitrogens with one attached hydrogen (secondary N) is 1. The van der Waals surface area contributed by atoms with Gasteiger partial charge in [-0.3, -0.25) is 4.79 Å². The Morgan fingerprint density at radius 2 is 1.70 bits per heavy atom. The van der Waals surface area contributed by atoms with Gasteiger partial charge in [0, 0.05) is 12.1 Å². The molecule has 2 rings (SSSR count). The van der Waals surface area contributed by atoms with Gasteiger partial charge in [-0.25, -0.2) is 4.39 Å². The SMILES string of the molecule is CC(C)CC(CNC(=O)c1ccc(F)cc1)Cc1ccccc1. The Kier molecular flexibility index (Phi) is 6.33. The van der Waals surface area contributed by atoms with Gasteiger partial charge >= 0.3 is 0 Å². The second-order valence-electron chi connectivity index (χ2n) is 6.40. The molecule has 0 aliphatic heterocycles. The van der Waals surface area contributed by atoms with Crippen molar-refractivity contribution in [2.24, 2.45) is 11.8 Å². The predicted octanol–water partition coefficient (Wildman–Crippen LogP) is 4.46. The van der Waals surface area contributed by atoms with Crippen LogP contribution in [-0.2, 0) is 6.42 Å². The molecule has 0 aromatic heterocycles. The summed E-state index contributed by atoms with van der Waals surface area (Å²) >= 11 is 0. The van der Waals surface area contributed by atoms with Crippen LogP contribution in [0.1, 0.15) is 36.2 Å². The third-order valence-electron chi connectivity index (χ3n) is 3.83. The number of carbonyl (C=O) groups excluding carboxylic acids is 1. The molecule has 1 N–H and O–H groups in total. The molecule has 122 valence electrons. The maximum absolute atomic E-state index is 12.9. The lowest BCUT2D eigenvalue weighted by Gasteiger charge is -2.20. The van der Waals surface area contributed by atoms with Gasteiger partial charge in [0.25, 0.3) is 5.91 Å². The molecule has 0 saturated carbocycles. The first-order valence-electron chi connectivity index (χ1n) is 8.12. The van der Waals surface area contributed by atoms with Crippen molar-refractivity contribution < 1.29 is 9.18 Å². The van der Waals surface area contributed by atoms with E-state index in [4.69, 9.17) is 0 Å². The number of halogens is 1. The van der Waals surface area contributed by atoms with Gasteiger partial charge in [-0.15, -0.1) is 0 Å². The highest BCUT2D eigenvalue weighted by Crippen LogP contribution is 2.17. The van der Waals surface area contributed by atoms with Crippen molar-refractivity contribution in [2.75, 3.05) is 6.54 Å². The molecule has 1 unspecified atom stereocenters. The molecule has 2 nitrogen and oxygen atoms in total. The van der Waals surface area contributed by atoms with Crippen LogP contribution in [0.3, 0.4) is 0 Å². The lowest BCUT2D eigenvalue weighted by molar-refractivity contribution is 0.0945. The summed E-state index contributed by atoms with van der Waals surface area (Å²) in [6.07, 6.45) is 2.00. The van der Waals surface area contributed by atoms with Gasteiger partial charge in [0.2, 0.25) is 0 Å². The Bertz CT molecular complexity index is 607. The highest BCUT2D eigenvalue weighted by atomic mass is 19.1. The fourth-order valence-corrected chi connectivity index (χ4v) is 2.79. The molecule has 2 aromatic rings. The van der Waals surface area contributed by atoms with Crippen LogP contribution in [0, 0.1) is 17.7 Å². The van der Waals surface area contributed by atoms with Crippen LogP contribution < -0.4 is 5.32 Å². The third-order valence-corrected chi connectivity index (χ3v) is 3.83. The van der Waals surface area contributed by atoms with E-state index in [1.165, 1.54) is 29.8 Å². The average molecular weight is 313 g/mol. The smallest absolute Gasteiger partial charge is 0.251 e. The van der Waals surface area contributed by atoms with Gasteiger partial charge in [0.15, 0.2) is 0 Å². The van der Waals surface area contributed by atoms with Crippen molar-refractivity contribution >= 4 is 5.91 Å². The van der Waals surface area contributed by atoms with E-state index in [2.05, 4.69) is 31.3 Å². The summed E-state index contributed by atoms with van der Waals surface area (Å²) in [5, 5.41) is 2.98. The van der Waals surface area contributed by atoms with Crippen LogP contribution in [-0.4, -0.2) is 12.5 Å². The average Bonchev–Trinajstić information content (AvgIpc) is 2.53. The normalized spacial score (nSPS) is 12.2. The summed E-state index contributed by atoms with van der Waals surface area (Å²) in [5.74, 6) is 0.489. The number of carbonyl (C=O) groups is 1.